The van der Waals surface area contributed by atoms with E-state index in [9.17, 15) is 0 Å². The van der Waals surface area contributed by atoms with Crippen molar-refractivity contribution in [2.45, 2.75) is 6.42 Å². The Kier molecular flexibility index (Phi) is 1.79. The number of aliphatic hydroxyl groups is 1. The highest BCUT2D eigenvalue weighted by molar-refractivity contribution is 4.82. The number of aliphatic hydroxyl groups excluding tert-OH is 1. The Hall–Kier alpha value is -0.900. The minimum Gasteiger partial charge on any atom is -0.396 e. The van der Waals surface area contributed by atoms with Crippen LogP contribution in [-0.2, 0) is 13.5 Å². The number of hydrogen-bond donors (Lipinski definition) is 1. The van der Waals surface area contributed by atoms with Gasteiger partial charge in [0, 0.05) is 13.5 Å². The van der Waals surface area contributed by atoms with Gasteiger partial charge in [0.1, 0.15) is 12.2 Å². The van der Waals surface area contributed by atoms with Gasteiger partial charge < -0.3 is 5.11 Å². The van der Waals surface area contributed by atoms with E-state index in [0.29, 0.717) is 6.42 Å². The van der Waals surface area contributed by atoms with Crippen LogP contribution in [0.25, 0.3) is 0 Å². The summed E-state index contributed by atoms with van der Waals surface area (Å²) in [5.41, 5.74) is 0. The Morgan fingerprint density at radius 1 is 1.78 bits per heavy atom. The number of nitrogens with zero attached hydrogens (tertiary/aromatic N) is 3. The van der Waals surface area contributed by atoms with Crippen LogP contribution in [0.5, 0.6) is 0 Å². The van der Waals surface area contributed by atoms with Crippen LogP contribution in [0.15, 0.2) is 6.33 Å². The molecular formula is C5H9N3O. The first-order valence-corrected chi connectivity index (χ1v) is 2.78. The van der Waals surface area contributed by atoms with Crippen LogP contribution in [-0.4, -0.2) is 26.5 Å². The van der Waals surface area contributed by atoms with Crippen molar-refractivity contribution in [3.8, 4) is 0 Å². The Labute approximate surface area is 53.1 Å². The monoisotopic (exact) mass is 127 g/mol. The third kappa shape index (κ3) is 1.26. The second kappa shape index (κ2) is 2.59. The molecule has 4 nitrogen and oxygen atoms in total. The lowest BCUT2D eigenvalue weighted by Crippen LogP contribution is -2.01. The van der Waals surface area contributed by atoms with Gasteiger partial charge in [-0.3, -0.25) is 4.68 Å². The number of aryl methyl sites for hydroxylation is 1. The fourth-order valence-electron chi connectivity index (χ4n) is 0.646. The molecule has 0 radical (unpaired) electrons. The molecule has 9 heavy (non-hydrogen) atoms. The lowest BCUT2D eigenvalue weighted by molar-refractivity contribution is 0.294. The highest BCUT2D eigenvalue weighted by Crippen LogP contribution is 1.89. The zero-order chi connectivity index (χ0) is 6.69. The van der Waals surface area contributed by atoms with Crippen LogP contribution in [0.3, 0.4) is 0 Å². The predicted molar refractivity (Wildman–Crippen MR) is 31.8 cm³/mol. The molecule has 1 rings (SSSR count). The molecule has 1 aromatic rings. The summed E-state index contributed by atoms with van der Waals surface area (Å²) in [5, 5.41) is 12.3. The van der Waals surface area contributed by atoms with Crippen molar-refractivity contribution in [1.29, 1.82) is 0 Å². The summed E-state index contributed by atoms with van der Waals surface area (Å²) < 4.78 is 1.65. The first kappa shape index (κ1) is 6.22. The van der Waals surface area contributed by atoms with E-state index in [2.05, 4.69) is 10.1 Å². The molecule has 0 aromatic carbocycles. The van der Waals surface area contributed by atoms with E-state index < -0.39 is 0 Å². The number of rotatable bonds is 2. The van der Waals surface area contributed by atoms with Gasteiger partial charge >= 0.3 is 0 Å². The average Bonchev–Trinajstić information content (AvgIpc) is 2.18. The Morgan fingerprint density at radius 3 is 3.00 bits per heavy atom. The SMILES string of the molecule is Cn1ncnc1CCO. The molecule has 0 saturated heterocycles. The van der Waals surface area contributed by atoms with Gasteiger partial charge in [-0.05, 0) is 0 Å². The quantitative estimate of drug-likeness (QED) is 0.574. The fourth-order valence-corrected chi connectivity index (χ4v) is 0.646. The topological polar surface area (TPSA) is 50.9 Å². The molecule has 0 aliphatic heterocycles. The summed E-state index contributed by atoms with van der Waals surface area (Å²) in [6, 6.07) is 0. The van der Waals surface area contributed by atoms with Crippen molar-refractivity contribution in [3.63, 3.8) is 0 Å². The summed E-state index contributed by atoms with van der Waals surface area (Å²) >= 11 is 0. The van der Waals surface area contributed by atoms with Gasteiger partial charge in [0.05, 0.1) is 6.61 Å². The van der Waals surface area contributed by atoms with E-state index in [1.165, 1.54) is 6.33 Å². The fraction of sp³-hybridized carbons (Fsp3) is 0.600. The summed E-state index contributed by atoms with van der Waals surface area (Å²) in [6.45, 7) is 0.131. The third-order valence-electron chi connectivity index (χ3n) is 1.14. The maximum Gasteiger partial charge on any atom is 0.138 e. The van der Waals surface area contributed by atoms with Crippen molar-refractivity contribution < 1.29 is 5.11 Å². The molecule has 1 N–H and O–H groups in total. The van der Waals surface area contributed by atoms with Gasteiger partial charge in [-0.1, -0.05) is 0 Å². The summed E-state index contributed by atoms with van der Waals surface area (Å²) in [5.74, 6) is 0.817. The van der Waals surface area contributed by atoms with Gasteiger partial charge in [-0.15, -0.1) is 0 Å². The minimum atomic E-state index is 0.131. The molecule has 50 valence electrons. The maximum absolute atomic E-state index is 8.48. The molecule has 0 unspecified atom stereocenters. The predicted octanol–water partition coefficient (Wildman–Crippen LogP) is -0.650. The highest BCUT2D eigenvalue weighted by Gasteiger charge is 1.95. The third-order valence-corrected chi connectivity index (χ3v) is 1.14. The average molecular weight is 127 g/mol. The van der Waals surface area contributed by atoms with E-state index in [-0.39, 0.29) is 6.61 Å². The summed E-state index contributed by atoms with van der Waals surface area (Å²) in [6.07, 6.45) is 2.06. The number of aromatic nitrogens is 3. The molecule has 0 atom stereocenters. The van der Waals surface area contributed by atoms with Crippen molar-refractivity contribution in [1.82, 2.24) is 14.8 Å². The van der Waals surface area contributed by atoms with Crippen LogP contribution in [0.2, 0.25) is 0 Å². The van der Waals surface area contributed by atoms with E-state index in [1.54, 1.807) is 11.7 Å². The van der Waals surface area contributed by atoms with Crippen molar-refractivity contribution in [2.24, 2.45) is 7.05 Å². The van der Waals surface area contributed by atoms with Crippen molar-refractivity contribution in [3.05, 3.63) is 12.2 Å². The van der Waals surface area contributed by atoms with Gasteiger partial charge in [0.2, 0.25) is 0 Å². The lowest BCUT2D eigenvalue weighted by atomic mass is 10.4. The van der Waals surface area contributed by atoms with Gasteiger partial charge in [0.15, 0.2) is 0 Å². The normalized spacial score (nSPS) is 10.0. The Morgan fingerprint density at radius 2 is 2.56 bits per heavy atom. The molecule has 4 heteroatoms. The molecule has 0 spiro atoms. The zero-order valence-electron chi connectivity index (χ0n) is 5.28. The van der Waals surface area contributed by atoms with Gasteiger partial charge in [-0.2, -0.15) is 5.10 Å². The van der Waals surface area contributed by atoms with Gasteiger partial charge in [0.25, 0.3) is 0 Å². The van der Waals surface area contributed by atoms with Crippen LogP contribution in [0, 0.1) is 0 Å². The highest BCUT2D eigenvalue weighted by atomic mass is 16.3. The standard InChI is InChI=1S/C5H9N3O/c1-8-5(2-3-9)6-4-7-8/h4,9H,2-3H2,1H3. The molecule has 1 heterocycles. The molecule has 0 amide bonds. The molecule has 0 aliphatic carbocycles. The van der Waals surface area contributed by atoms with E-state index >= 15 is 0 Å². The second-order valence-corrected chi connectivity index (χ2v) is 1.77. The number of hydrogen-bond acceptors (Lipinski definition) is 3. The molecule has 1 aromatic heterocycles. The van der Waals surface area contributed by atoms with Crippen molar-refractivity contribution in [2.75, 3.05) is 6.61 Å². The Bertz CT molecular complexity index is 184. The zero-order valence-corrected chi connectivity index (χ0v) is 5.28. The first-order valence-electron chi connectivity index (χ1n) is 2.78. The Balaban J connectivity index is 2.69. The molecular weight excluding hydrogens is 118 g/mol. The first-order chi connectivity index (χ1) is 4.34. The van der Waals surface area contributed by atoms with Crippen LogP contribution in [0.1, 0.15) is 5.82 Å². The second-order valence-electron chi connectivity index (χ2n) is 1.77. The van der Waals surface area contributed by atoms with Crippen LogP contribution >= 0.6 is 0 Å². The van der Waals surface area contributed by atoms with Gasteiger partial charge in [-0.25, -0.2) is 4.98 Å². The minimum absolute atomic E-state index is 0.131. The largest absolute Gasteiger partial charge is 0.396 e. The molecule has 0 bridgehead atoms. The lowest BCUT2D eigenvalue weighted by Gasteiger charge is -1.93. The van der Waals surface area contributed by atoms with E-state index in [0.717, 1.165) is 5.82 Å². The molecule has 0 fully saturated rings. The summed E-state index contributed by atoms with van der Waals surface area (Å²) in [4.78, 5) is 3.90. The van der Waals surface area contributed by atoms with Crippen LogP contribution < -0.4 is 0 Å². The van der Waals surface area contributed by atoms with Crippen LogP contribution in [0.4, 0.5) is 0 Å². The maximum atomic E-state index is 8.48. The van der Waals surface area contributed by atoms with E-state index in [4.69, 9.17) is 5.11 Å². The summed E-state index contributed by atoms with van der Waals surface area (Å²) in [7, 11) is 1.80. The smallest absolute Gasteiger partial charge is 0.138 e. The van der Waals surface area contributed by atoms with Crippen molar-refractivity contribution >= 4 is 0 Å². The molecule has 0 saturated carbocycles. The van der Waals surface area contributed by atoms with E-state index in [1.807, 2.05) is 0 Å². The molecule has 0 aliphatic rings.